The third kappa shape index (κ3) is 2.80. The highest BCUT2D eigenvalue weighted by Gasteiger charge is 2.39. The molecule has 1 aromatic heterocycles. The molecule has 2 aliphatic rings. The second-order valence-electron chi connectivity index (χ2n) is 6.72. The van der Waals surface area contributed by atoms with Gasteiger partial charge in [-0.15, -0.1) is 0 Å². The van der Waals surface area contributed by atoms with Crippen LogP contribution in [0, 0.1) is 5.41 Å². The van der Waals surface area contributed by atoms with Gasteiger partial charge in [-0.1, -0.05) is 0 Å². The average Bonchev–Trinajstić information content (AvgIpc) is 2.49. The maximum absolute atomic E-state index is 4.48. The van der Waals surface area contributed by atoms with Crippen molar-refractivity contribution in [3.63, 3.8) is 0 Å². The van der Waals surface area contributed by atoms with Crippen LogP contribution in [0.1, 0.15) is 39.5 Å². The molecule has 1 aromatic rings. The summed E-state index contributed by atoms with van der Waals surface area (Å²) in [5.74, 6) is 1.05. The van der Waals surface area contributed by atoms with Gasteiger partial charge < -0.3 is 9.80 Å². The van der Waals surface area contributed by atoms with Gasteiger partial charge in [0.05, 0.1) is 6.20 Å². The zero-order valence-electron chi connectivity index (χ0n) is 12.8. The van der Waals surface area contributed by atoms with Gasteiger partial charge in [-0.3, -0.25) is 4.98 Å². The smallest absolute Gasteiger partial charge is 0.147 e. The van der Waals surface area contributed by atoms with Crippen LogP contribution >= 0.6 is 0 Å². The van der Waals surface area contributed by atoms with Gasteiger partial charge in [0.2, 0.25) is 0 Å². The van der Waals surface area contributed by atoms with Crippen LogP contribution in [-0.2, 0) is 0 Å². The predicted octanol–water partition coefficient (Wildman–Crippen LogP) is 2.57. The summed E-state index contributed by atoms with van der Waals surface area (Å²) in [6.07, 6.45) is 10.8. The van der Waals surface area contributed by atoms with Crippen LogP contribution in [0.15, 0.2) is 18.6 Å². The predicted molar refractivity (Wildman–Crippen MR) is 81.9 cm³/mol. The molecule has 1 spiro atoms. The van der Waals surface area contributed by atoms with Crippen LogP contribution in [0.3, 0.4) is 0 Å². The summed E-state index contributed by atoms with van der Waals surface area (Å²) >= 11 is 0. The lowest BCUT2D eigenvalue weighted by molar-refractivity contribution is 0.0701. The number of hydrogen-bond donors (Lipinski definition) is 0. The molecule has 0 unspecified atom stereocenters. The highest BCUT2D eigenvalue weighted by atomic mass is 15.2. The second-order valence-corrected chi connectivity index (χ2v) is 6.72. The molecular formula is C16H26N4. The van der Waals surface area contributed by atoms with E-state index in [2.05, 4.69) is 33.6 Å². The van der Waals surface area contributed by atoms with Crippen molar-refractivity contribution in [3.8, 4) is 0 Å². The maximum atomic E-state index is 4.48. The Kier molecular flexibility index (Phi) is 3.92. The summed E-state index contributed by atoms with van der Waals surface area (Å²) in [4.78, 5) is 13.8. The van der Waals surface area contributed by atoms with E-state index < -0.39 is 0 Å². The van der Waals surface area contributed by atoms with Gasteiger partial charge in [0.25, 0.3) is 0 Å². The monoisotopic (exact) mass is 274 g/mol. The standard InChI is InChI=1S/C16H26N4/c1-14(2)19-10-5-16(6-11-19)4-3-9-20(13-16)15-12-17-7-8-18-15/h7-8,12,14H,3-6,9-11,13H2,1-2H3. The number of likely N-dealkylation sites (tertiary alicyclic amines) is 1. The van der Waals surface area contributed by atoms with E-state index in [1.54, 1.807) is 12.4 Å². The highest BCUT2D eigenvalue weighted by molar-refractivity contribution is 5.36. The molecule has 4 nitrogen and oxygen atoms in total. The van der Waals surface area contributed by atoms with Crippen molar-refractivity contribution in [3.05, 3.63) is 18.6 Å². The minimum Gasteiger partial charge on any atom is -0.355 e. The van der Waals surface area contributed by atoms with Crippen molar-refractivity contribution >= 4 is 5.82 Å². The molecule has 2 saturated heterocycles. The molecule has 110 valence electrons. The Morgan fingerprint density at radius 3 is 2.55 bits per heavy atom. The molecule has 3 rings (SSSR count). The minimum atomic E-state index is 0.515. The lowest BCUT2D eigenvalue weighted by Crippen LogP contribution is -2.51. The van der Waals surface area contributed by atoms with Crippen molar-refractivity contribution in [2.45, 2.75) is 45.6 Å². The first-order chi connectivity index (χ1) is 9.69. The fourth-order valence-corrected chi connectivity index (χ4v) is 3.78. The fourth-order valence-electron chi connectivity index (χ4n) is 3.78. The number of anilines is 1. The molecule has 4 heteroatoms. The number of aromatic nitrogens is 2. The zero-order chi connectivity index (χ0) is 14.0. The summed E-state index contributed by atoms with van der Waals surface area (Å²) in [5, 5.41) is 0. The van der Waals surface area contributed by atoms with E-state index in [1.165, 1.54) is 38.8 Å². The average molecular weight is 274 g/mol. The number of rotatable bonds is 2. The fraction of sp³-hybridized carbons (Fsp3) is 0.750. The van der Waals surface area contributed by atoms with Gasteiger partial charge in [0.15, 0.2) is 0 Å². The van der Waals surface area contributed by atoms with Crippen LogP contribution in [-0.4, -0.2) is 47.1 Å². The molecule has 0 bridgehead atoms. The van der Waals surface area contributed by atoms with Gasteiger partial charge in [-0.2, -0.15) is 0 Å². The zero-order valence-corrected chi connectivity index (χ0v) is 12.8. The molecule has 0 atom stereocenters. The van der Waals surface area contributed by atoms with Gasteiger partial charge in [-0.05, 0) is 58.0 Å². The van der Waals surface area contributed by atoms with Crippen molar-refractivity contribution in [2.24, 2.45) is 5.41 Å². The maximum Gasteiger partial charge on any atom is 0.147 e. The Labute approximate surface area is 122 Å². The van der Waals surface area contributed by atoms with Gasteiger partial charge in [0, 0.05) is 31.5 Å². The summed E-state index contributed by atoms with van der Waals surface area (Å²) in [5.41, 5.74) is 0.515. The van der Waals surface area contributed by atoms with E-state index in [-0.39, 0.29) is 0 Å². The number of hydrogen-bond acceptors (Lipinski definition) is 4. The largest absolute Gasteiger partial charge is 0.355 e. The Hall–Kier alpha value is -1.16. The first-order valence-corrected chi connectivity index (χ1v) is 7.94. The molecule has 2 aliphatic heterocycles. The topological polar surface area (TPSA) is 32.3 Å². The van der Waals surface area contributed by atoms with E-state index in [4.69, 9.17) is 0 Å². The van der Waals surface area contributed by atoms with E-state index in [0.29, 0.717) is 11.5 Å². The molecule has 0 aliphatic carbocycles. The van der Waals surface area contributed by atoms with Crippen LogP contribution in [0.5, 0.6) is 0 Å². The molecule has 2 fully saturated rings. The van der Waals surface area contributed by atoms with Crippen molar-refractivity contribution in [2.75, 3.05) is 31.1 Å². The highest BCUT2D eigenvalue weighted by Crippen LogP contribution is 2.40. The molecule has 20 heavy (non-hydrogen) atoms. The first kappa shape index (κ1) is 13.8. The van der Waals surface area contributed by atoms with E-state index in [0.717, 1.165) is 18.9 Å². The normalized spacial score (nSPS) is 23.4. The lowest BCUT2D eigenvalue weighted by atomic mass is 9.72. The van der Waals surface area contributed by atoms with Gasteiger partial charge >= 0.3 is 0 Å². The first-order valence-electron chi connectivity index (χ1n) is 7.94. The molecule has 0 N–H and O–H groups in total. The van der Waals surface area contributed by atoms with Crippen LogP contribution in [0.25, 0.3) is 0 Å². The Morgan fingerprint density at radius 2 is 1.90 bits per heavy atom. The third-order valence-corrected chi connectivity index (χ3v) is 5.12. The Balaban J connectivity index is 1.67. The summed E-state index contributed by atoms with van der Waals surface area (Å²) in [6.45, 7) is 9.43. The van der Waals surface area contributed by atoms with Crippen LogP contribution in [0.4, 0.5) is 5.82 Å². The van der Waals surface area contributed by atoms with Gasteiger partial charge in [-0.25, -0.2) is 4.98 Å². The van der Waals surface area contributed by atoms with E-state index >= 15 is 0 Å². The van der Waals surface area contributed by atoms with Crippen LogP contribution in [0.2, 0.25) is 0 Å². The van der Waals surface area contributed by atoms with Gasteiger partial charge in [0.1, 0.15) is 5.82 Å². The molecule has 3 heterocycles. The van der Waals surface area contributed by atoms with E-state index in [1.807, 2.05) is 6.20 Å². The third-order valence-electron chi connectivity index (χ3n) is 5.12. The summed E-state index contributed by atoms with van der Waals surface area (Å²) in [7, 11) is 0. The molecule has 0 aromatic carbocycles. The minimum absolute atomic E-state index is 0.515. The summed E-state index contributed by atoms with van der Waals surface area (Å²) in [6, 6.07) is 0.687. The Bertz CT molecular complexity index is 423. The Morgan fingerprint density at radius 1 is 1.10 bits per heavy atom. The lowest BCUT2D eigenvalue weighted by Gasteiger charge is -2.48. The van der Waals surface area contributed by atoms with E-state index in [9.17, 15) is 0 Å². The number of piperidine rings is 2. The van der Waals surface area contributed by atoms with Crippen molar-refractivity contribution in [1.29, 1.82) is 0 Å². The molecular weight excluding hydrogens is 248 g/mol. The summed E-state index contributed by atoms with van der Waals surface area (Å²) < 4.78 is 0. The second kappa shape index (κ2) is 5.68. The number of nitrogens with zero attached hydrogens (tertiary/aromatic N) is 4. The van der Waals surface area contributed by atoms with Crippen LogP contribution < -0.4 is 4.90 Å². The molecule has 0 amide bonds. The van der Waals surface area contributed by atoms with Crippen molar-refractivity contribution < 1.29 is 0 Å². The van der Waals surface area contributed by atoms with Crippen molar-refractivity contribution in [1.82, 2.24) is 14.9 Å². The SMILES string of the molecule is CC(C)N1CCC2(CCCN(c3cnccn3)C2)CC1. The quantitative estimate of drug-likeness (QED) is 0.829. The molecule has 0 radical (unpaired) electrons. The molecule has 0 saturated carbocycles.